The molecule has 3 rings (SSSR count). The third kappa shape index (κ3) is 4.36. The second kappa shape index (κ2) is 8.08. The molecular weight excluding hydrogens is 389 g/mol. The first kappa shape index (κ1) is 18.7. The summed E-state index contributed by atoms with van der Waals surface area (Å²) in [5.74, 6) is -0.140. The van der Waals surface area contributed by atoms with Crippen LogP contribution in [0.3, 0.4) is 0 Å². The summed E-state index contributed by atoms with van der Waals surface area (Å²) in [6, 6.07) is 11.3. The Kier molecular flexibility index (Phi) is 5.81. The average Bonchev–Trinajstić information content (AvgIpc) is 3.15. The van der Waals surface area contributed by atoms with Gasteiger partial charge in [-0.2, -0.15) is 5.10 Å². The monoisotopic (exact) mass is 405 g/mol. The van der Waals surface area contributed by atoms with Gasteiger partial charge in [-0.15, -0.1) is 11.3 Å². The van der Waals surface area contributed by atoms with E-state index in [-0.39, 0.29) is 5.91 Å². The van der Waals surface area contributed by atoms with Gasteiger partial charge in [0.1, 0.15) is 0 Å². The Hall–Kier alpha value is -2.08. The topological polar surface area (TPSA) is 46.4 Å². The first-order chi connectivity index (χ1) is 12.4. The summed E-state index contributed by atoms with van der Waals surface area (Å²) in [4.78, 5) is 12.9. The highest BCUT2D eigenvalue weighted by atomic mass is 35.5. The highest BCUT2D eigenvalue weighted by Crippen LogP contribution is 2.26. The SMILES string of the molecule is Cc1cc(/C=N/NC(=O)Cc2cccs2)c(C)n1-c1cc(Cl)cc(Cl)c1. The predicted octanol–water partition coefficient (Wildman–Crippen LogP) is 5.16. The highest BCUT2D eigenvalue weighted by Gasteiger charge is 2.11. The number of nitrogens with zero attached hydrogens (tertiary/aromatic N) is 2. The first-order valence-corrected chi connectivity index (χ1v) is 9.57. The standard InChI is InChI=1S/C19H17Cl2N3OS/c1-12-6-14(11-22-23-19(25)10-18-4-3-5-26-18)13(2)24(12)17-8-15(20)7-16(21)9-17/h3-9,11H,10H2,1-2H3,(H,23,25)/b22-11+. The fraction of sp³-hybridized carbons (Fsp3) is 0.158. The van der Waals surface area contributed by atoms with Crippen molar-refractivity contribution in [3.05, 3.63) is 73.7 Å². The lowest BCUT2D eigenvalue weighted by atomic mass is 10.2. The van der Waals surface area contributed by atoms with E-state index in [0.29, 0.717) is 16.5 Å². The molecule has 0 saturated carbocycles. The molecular formula is C19H17Cl2N3OS. The van der Waals surface area contributed by atoms with Crippen LogP contribution in [0.15, 0.2) is 46.9 Å². The average molecular weight is 406 g/mol. The van der Waals surface area contributed by atoms with E-state index in [1.165, 1.54) is 0 Å². The molecule has 1 N–H and O–H groups in total. The number of aromatic nitrogens is 1. The molecule has 0 aliphatic heterocycles. The van der Waals surface area contributed by atoms with Crippen molar-refractivity contribution in [3.63, 3.8) is 0 Å². The Labute approximate surface area is 166 Å². The largest absolute Gasteiger partial charge is 0.318 e. The number of thiophene rings is 1. The van der Waals surface area contributed by atoms with Crippen molar-refractivity contribution in [3.8, 4) is 5.69 Å². The molecule has 0 bridgehead atoms. The Morgan fingerprint density at radius 1 is 1.23 bits per heavy atom. The van der Waals surface area contributed by atoms with Crippen LogP contribution in [0.4, 0.5) is 0 Å². The molecule has 1 amide bonds. The van der Waals surface area contributed by atoms with Crippen LogP contribution in [0.2, 0.25) is 10.0 Å². The van der Waals surface area contributed by atoms with Crippen LogP contribution in [0.25, 0.3) is 5.69 Å². The van der Waals surface area contributed by atoms with Crippen LogP contribution in [0.5, 0.6) is 0 Å². The molecule has 1 aromatic carbocycles. The Morgan fingerprint density at radius 2 is 1.96 bits per heavy atom. The molecule has 7 heteroatoms. The van der Waals surface area contributed by atoms with Gasteiger partial charge >= 0.3 is 0 Å². The van der Waals surface area contributed by atoms with Gasteiger partial charge in [0.25, 0.3) is 0 Å². The number of carbonyl (C=O) groups is 1. The summed E-state index contributed by atoms with van der Waals surface area (Å²) >= 11 is 13.8. The lowest BCUT2D eigenvalue weighted by molar-refractivity contribution is -0.120. The number of benzene rings is 1. The highest BCUT2D eigenvalue weighted by molar-refractivity contribution is 7.10. The van der Waals surface area contributed by atoms with E-state index in [4.69, 9.17) is 23.2 Å². The van der Waals surface area contributed by atoms with Crippen molar-refractivity contribution < 1.29 is 4.79 Å². The summed E-state index contributed by atoms with van der Waals surface area (Å²) in [6.07, 6.45) is 1.98. The zero-order chi connectivity index (χ0) is 18.7. The van der Waals surface area contributed by atoms with Gasteiger partial charge in [0.05, 0.1) is 12.6 Å². The molecule has 0 fully saturated rings. The predicted molar refractivity (Wildman–Crippen MR) is 109 cm³/mol. The number of amides is 1. The number of hydrazone groups is 1. The number of hydrogen-bond donors (Lipinski definition) is 1. The van der Waals surface area contributed by atoms with Crippen LogP contribution in [-0.4, -0.2) is 16.7 Å². The van der Waals surface area contributed by atoms with Crippen LogP contribution < -0.4 is 5.43 Å². The summed E-state index contributed by atoms with van der Waals surface area (Å²) < 4.78 is 2.05. The van der Waals surface area contributed by atoms with Crippen molar-refractivity contribution in [2.75, 3.05) is 0 Å². The molecule has 0 atom stereocenters. The van der Waals surface area contributed by atoms with Crippen molar-refractivity contribution in [2.45, 2.75) is 20.3 Å². The van der Waals surface area contributed by atoms with E-state index in [1.807, 2.05) is 54.1 Å². The quantitative estimate of drug-likeness (QED) is 0.462. The van der Waals surface area contributed by atoms with Gasteiger partial charge < -0.3 is 4.57 Å². The Balaban J connectivity index is 1.76. The number of nitrogens with one attached hydrogen (secondary N) is 1. The number of hydrogen-bond acceptors (Lipinski definition) is 3. The fourth-order valence-corrected chi connectivity index (χ4v) is 3.99. The van der Waals surface area contributed by atoms with Gasteiger partial charge in [0.2, 0.25) is 5.91 Å². The van der Waals surface area contributed by atoms with Gasteiger partial charge in [-0.05, 0) is 49.6 Å². The Bertz CT molecular complexity index is 941. The van der Waals surface area contributed by atoms with Gasteiger partial charge in [-0.1, -0.05) is 29.3 Å². The van der Waals surface area contributed by atoms with Crippen LogP contribution in [0.1, 0.15) is 21.8 Å². The van der Waals surface area contributed by atoms with E-state index in [1.54, 1.807) is 23.6 Å². The number of halogens is 2. The van der Waals surface area contributed by atoms with Crippen LogP contribution in [-0.2, 0) is 11.2 Å². The van der Waals surface area contributed by atoms with E-state index in [2.05, 4.69) is 10.5 Å². The van der Waals surface area contributed by atoms with Gasteiger partial charge in [0, 0.05) is 37.6 Å². The smallest absolute Gasteiger partial charge is 0.245 e. The third-order valence-corrected chi connectivity index (χ3v) is 5.20. The minimum atomic E-state index is -0.140. The normalized spacial score (nSPS) is 11.2. The van der Waals surface area contributed by atoms with Crippen molar-refractivity contribution >= 4 is 46.7 Å². The summed E-state index contributed by atoms with van der Waals surface area (Å²) in [5.41, 5.74) is 6.37. The van der Waals surface area contributed by atoms with E-state index in [9.17, 15) is 4.79 Å². The van der Waals surface area contributed by atoms with E-state index in [0.717, 1.165) is 27.5 Å². The molecule has 3 aromatic rings. The number of rotatable bonds is 5. The maximum absolute atomic E-state index is 11.9. The molecule has 0 saturated heterocycles. The van der Waals surface area contributed by atoms with Gasteiger partial charge in [-0.25, -0.2) is 5.43 Å². The summed E-state index contributed by atoms with van der Waals surface area (Å²) in [6.45, 7) is 3.98. The second-order valence-corrected chi connectivity index (χ2v) is 7.74. The van der Waals surface area contributed by atoms with Crippen molar-refractivity contribution in [1.82, 2.24) is 9.99 Å². The zero-order valence-electron chi connectivity index (χ0n) is 14.3. The van der Waals surface area contributed by atoms with E-state index < -0.39 is 0 Å². The summed E-state index contributed by atoms with van der Waals surface area (Å²) in [5, 5.41) is 7.19. The lowest BCUT2D eigenvalue weighted by Crippen LogP contribution is -2.19. The molecule has 0 aliphatic rings. The number of carbonyl (C=O) groups excluding carboxylic acids is 1. The fourth-order valence-electron chi connectivity index (χ4n) is 2.77. The van der Waals surface area contributed by atoms with Gasteiger partial charge in [0.15, 0.2) is 0 Å². The van der Waals surface area contributed by atoms with E-state index >= 15 is 0 Å². The molecule has 26 heavy (non-hydrogen) atoms. The molecule has 4 nitrogen and oxygen atoms in total. The molecule has 2 heterocycles. The van der Waals surface area contributed by atoms with Crippen molar-refractivity contribution in [2.24, 2.45) is 5.10 Å². The number of aryl methyl sites for hydroxylation is 1. The molecule has 0 unspecified atom stereocenters. The third-order valence-electron chi connectivity index (χ3n) is 3.88. The Morgan fingerprint density at radius 3 is 2.62 bits per heavy atom. The first-order valence-electron chi connectivity index (χ1n) is 7.94. The maximum atomic E-state index is 11.9. The molecule has 0 radical (unpaired) electrons. The lowest BCUT2D eigenvalue weighted by Gasteiger charge is -2.10. The minimum absolute atomic E-state index is 0.140. The molecule has 134 valence electrons. The maximum Gasteiger partial charge on any atom is 0.245 e. The summed E-state index contributed by atoms with van der Waals surface area (Å²) in [7, 11) is 0. The molecule has 2 aromatic heterocycles. The van der Waals surface area contributed by atoms with Crippen molar-refractivity contribution in [1.29, 1.82) is 0 Å². The second-order valence-electron chi connectivity index (χ2n) is 5.84. The molecule has 0 spiro atoms. The van der Waals surface area contributed by atoms with Gasteiger partial charge in [-0.3, -0.25) is 4.79 Å². The minimum Gasteiger partial charge on any atom is -0.318 e. The zero-order valence-corrected chi connectivity index (χ0v) is 16.6. The van der Waals surface area contributed by atoms with Crippen LogP contribution >= 0.6 is 34.5 Å². The molecule has 0 aliphatic carbocycles. The van der Waals surface area contributed by atoms with Crippen LogP contribution in [0, 0.1) is 13.8 Å².